The van der Waals surface area contributed by atoms with Crippen molar-refractivity contribution in [2.24, 2.45) is 0 Å². The molecule has 0 fully saturated rings. The van der Waals surface area contributed by atoms with E-state index in [9.17, 15) is 4.79 Å². The zero-order chi connectivity index (χ0) is 12.3. The summed E-state index contributed by atoms with van der Waals surface area (Å²) in [6.45, 7) is 0.111. The second-order valence-corrected chi connectivity index (χ2v) is 4.67. The van der Waals surface area contributed by atoms with Crippen molar-refractivity contribution in [3.63, 3.8) is 0 Å². The molecule has 0 aliphatic carbocycles. The molecule has 2 aromatic rings. The van der Waals surface area contributed by atoms with E-state index in [1.54, 1.807) is 12.1 Å². The molecule has 3 nitrogen and oxygen atoms in total. The second kappa shape index (κ2) is 5.21. The summed E-state index contributed by atoms with van der Waals surface area (Å²) in [7, 11) is 0. The Bertz CT molecular complexity index is 551. The first-order chi connectivity index (χ1) is 8.24. The van der Waals surface area contributed by atoms with Gasteiger partial charge >= 0.3 is 5.97 Å². The maximum absolute atomic E-state index is 11.1. The molecule has 0 heterocycles. The lowest BCUT2D eigenvalue weighted by Crippen LogP contribution is -1.98. The Hall–Kier alpha value is -1.52. The average Bonchev–Trinajstić information content (AvgIpc) is 2.35. The molecule has 0 aliphatic heterocycles. The Labute approximate surface area is 103 Å². The molecule has 0 bridgehead atoms. The molecule has 0 amide bonds. The SMILES string of the molecule is O=C(O)c1ccc(SCCO)c2ccccc12. The zero-order valence-corrected chi connectivity index (χ0v) is 9.91. The van der Waals surface area contributed by atoms with Gasteiger partial charge in [-0.25, -0.2) is 4.79 Å². The number of thioether (sulfide) groups is 1. The molecule has 0 aromatic heterocycles. The number of aliphatic hydroxyl groups is 1. The first-order valence-corrected chi connectivity index (χ1v) is 6.21. The number of carboxylic acid groups (broad SMARTS) is 1. The fourth-order valence-electron chi connectivity index (χ4n) is 1.74. The summed E-state index contributed by atoms with van der Waals surface area (Å²) in [6.07, 6.45) is 0. The standard InChI is InChI=1S/C13H12O3S/c14-7-8-17-12-6-5-11(13(15)16)9-3-1-2-4-10(9)12/h1-6,14H,7-8H2,(H,15,16). The first-order valence-electron chi connectivity index (χ1n) is 5.22. The van der Waals surface area contributed by atoms with E-state index in [-0.39, 0.29) is 6.61 Å². The van der Waals surface area contributed by atoms with Gasteiger partial charge < -0.3 is 10.2 Å². The maximum Gasteiger partial charge on any atom is 0.336 e. The highest BCUT2D eigenvalue weighted by Gasteiger charge is 2.10. The van der Waals surface area contributed by atoms with E-state index >= 15 is 0 Å². The molecule has 0 spiro atoms. The number of hydrogen-bond donors (Lipinski definition) is 2. The van der Waals surface area contributed by atoms with Crippen LogP contribution < -0.4 is 0 Å². The van der Waals surface area contributed by atoms with Crippen molar-refractivity contribution in [1.29, 1.82) is 0 Å². The molecule has 17 heavy (non-hydrogen) atoms. The molecule has 0 aliphatic rings. The van der Waals surface area contributed by atoms with Crippen LogP contribution in [0.3, 0.4) is 0 Å². The van der Waals surface area contributed by atoms with E-state index in [1.807, 2.05) is 24.3 Å². The lowest BCUT2D eigenvalue weighted by atomic mass is 10.0. The summed E-state index contributed by atoms with van der Waals surface area (Å²) < 4.78 is 0. The second-order valence-electron chi connectivity index (χ2n) is 3.53. The Morgan fingerprint density at radius 2 is 1.82 bits per heavy atom. The van der Waals surface area contributed by atoms with Crippen LogP contribution in [0.25, 0.3) is 10.8 Å². The van der Waals surface area contributed by atoms with Crippen LogP contribution in [-0.2, 0) is 0 Å². The summed E-state index contributed by atoms with van der Waals surface area (Å²) in [6, 6.07) is 10.8. The quantitative estimate of drug-likeness (QED) is 0.817. The van der Waals surface area contributed by atoms with Crippen LogP contribution in [0.1, 0.15) is 10.4 Å². The van der Waals surface area contributed by atoms with Gasteiger partial charge in [0.1, 0.15) is 0 Å². The number of fused-ring (bicyclic) bond motifs is 1. The lowest BCUT2D eigenvalue weighted by molar-refractivity contribution is 0.0699. The topological polar surface area (TPSA) is 57.5 Å². The van der Waals surface area contributed by atoms with E-state index in [0.29, 0.717) is 11.3 Å². The summed E-state index contributed by atoms with van der Waals surface area (Å²) in [5.74, 6) is -0.309. The van der Waals surface area contributed by atoms with Crippen molar-refractivity contribution in [3.8, 4) is 0 Å². The van der Waals surface area contributed by atoms with E-state index in [1.165, 1.54) is 11.8 Å². The van der Waals surface area contributed by atoms with Gasteiger partial charge in [0, 0.05) is 10.6 Å². The fourth-order valence-corrected chi connectivity index (χ4v) is 2.55. The van der Waals surface area contributed by atoms with Gasteiger partial charge in [-0.2, -0.15) is 0 Å². The van der Waals surface area contributed by atoms with Crippen LogP contribution in [-0.4, -0.2) is 28.5 Å². The van der Waals surface area contributed by atoms with E-state index < -0.39 is 5.97 Å². The van der Waals surface area contributed by atoms with Gasteiger partial charge in [0.25, 0.3) is 0 Å². The monoisotopic (exact) mass is 248 g/mol. The van der Waals surface area contributed by atoms with Gasteiger partial charge in [0.15, 0.2) is 0 Å². The van der Waals surface area contributed by atoms with Gasteiger partial charge in [-0.3, -0.25) is 0 Å². The zero-order valence-electron chi connectivity index (χ0n) is 9.09. The Kier molecular flexibility index (Phi) is 3.66. The lowest BCUT2D eigenvalue weighted by Gasteiger charge is -2.07. The third kappa shape index (κ3) is 2.43. The Morgan fingerprint density at radius 3 is 2.47 bits per heavy atom. The van der Waals surface area contributed by atoms with E-state index in [0.717, 1.165) is 15.7 Å². The Morgan fingerprint density at radius 1 is 1.12 bits per heavy atom. The van der Waals surface area contributed by atoms with E-state index in [4.69, 9.17) is 10.2 Å². The molecule has 2 aromatic carbocycles. The molecule has 0 radical (unpaired) electrons. The van der Waals surface area contributed by atoms with Crippen molar-refractivity contribution < 1.29 is 15.0 Å². The minimum atomic E-state index is -0.917. The number of aliphatic hydroxyl groups excluding tert-OH is 1. The highest BCUT2D eigenvalue weighted by molar-refractivity contribution is 7.99. The minimum absolute atomic E-state index is 0.111. The highest BCUT2D eigenvalue weighted by Crippen LogP contribution is 2.30. The number of rotatable bonds is 4. The Balaban J connectivity index is 2.58. The molecule has 4 heteroatoms. The number of benzene rings is 2. The normalized spacial score (nSPS) is 10.6. The number of hydrogen-bond acceptors (Lipinski definition) is 3. The molecule has 88 valence electrons. The highest BCUT2D eigenvalue weighted by atomic mass is 32.2. The molecule has 0 atom stereocenters. The molecule has 0 saturated heterocycles. The third-order valence-corrected chi connectivity index (χ3v) is 3.52. The smallest absolute Gasteiger partial charge is 0.336 e. The van der Waals surface area contributed by atoms with Gasteiger partial charge in [-0.05, 0) is 22.9 Å². The van der Waals surface area contributed by atoms with Gasteiger partial charge in [0.05, 0.1) is 12.2 Å². The van der Waals surface area contributed by atoms with Crippen molar-refractivity contribution in [2.45, 2.75) is 4.90 Å². The van der Waals surface area contributed by atoms with Gasteiger partial charge in [-0.15, -0.1) is 11.8 Å². The van der Waals surface area contributed by atoms with Gasteiger partial charge in [-0.1, -0.05) is 24.3 Å². The molecule has 0 unspecified atom stereocenters. The van der Waals surface area contributed by atoms with Crippen molar-refractivity contribution in [1.82, 2.24) is 0 Å². The number of aromatic carboxylic acids is 1. The molecule has 0 saturated carbocycles. The summed E-state index contributed by atoms with van der Waals surface area (Å²) in [4.78, 5) is 12.1. The van der Waals surface area contributed by atoms with Crippen LogP contribution >= 0.6 is 11.8 Å². The summed E-state index contributed by atoms with van der Waals surface area (Å²) >= 11 is 1.53. The van der Waals surface area contributed by atoms with Crippen molar-refractivity contribution in [2.75, 3.05) is 12.4 Å². The molecular weight excluding hydrogens is 236 g/mol. The average molecular weight is 248 g/mol. The van der Waals surface area contributed by atoms with E-state index in [2.05, 4.69) is 0 Å². The fraction of sp³-hybridized carbons (Fsp3) is 0.154. The van der Waals surface area contributed by atoms with Crippen molar-refractivity contribution in [3.05, 3.63) is 42.0 Å². The van der Waals surface area contributed by atoms with Crippen LogP contribution in [0.15, 0.2) is 41.3 Å². The molecular formula is C13H12O3S. The van der Waals surface area contributed by atoms with Crippen LogP contribution in [0.5, 0.6) is 0 Å². The van der Waals surface area contributed by atoms with Crippen LogP contribution in [0.4, 0.5) is 0 Å². The van der Waals surface area contributed by atoms with Crippen molar-refractivity contribution >= 4 is 28.5 Å². The maximum atomic E-state index is 11.1. The first kappa shape index (κ1) is 12.0. The number of carbonyl (C=O) groups is 1. The predicted octanol–water partition coefficient (Wildman–Crippen LogP) is 2.62. The molecule has 2 rings (SSSR count). The number of carboxylic acids is 1. The largest absolute Gasteiger partial charge is 0.478 e. The summed E-state index contributed by atoms with van der Waals surface area (Å²) in [5, 5.41) is 19.6. The van der Waals surface area contributed by atoms with Gasteiger partial charge in [0.2, 0.25) is 0 Å². The summed E-state index contributed by atoms with van der Waals surface area (Å²) in [5.41, 5.74) is 0.314. The van der Waals surface area contributed by atoms with Crippen LogP contribution in [0, 0.1) is 0 Å². The predicted molar refractivity (Wildman–Crippen MR) is 68.7 cm³/mol. The minimum Gasteiger partial charge on any atom is -0.478 e. The van der Waals surface area contributed by atoms with Crippen LogP contribution in [0.2, 0.25) is 0 Å². The molecule has 2 N–H and O–H groups in total. The third-order valence-electron chi connectivity index (χ3n) is 2.46.